The lowest BCUT2D eigenvalue weighted by Gasteiger charge is -2.05. The van der Waals surface area contributed by atoms with Crippen molar-refractivity contribution < 1.29 is 4.52 Å². The van der Waals surface area contributed by atoms with Gasteiger partial charge in [-0.3, -0.25) is 5.10 Å². The van der Waals surface area contributed by atoms with Crippen molar-refractivity contribution in [3.63, 3.8) is 0 Å². The molecule has 86 valence electrons. The first-order valence-corrected chi connectivity index (χ1v) is 4.93. The molecule has 0 saturated carbocycles. The van der Waals surface area contributed by atoms with Crippen molar-refractivity contribution in [1.29, 1.82) is 0 Å². The van der Waals surface area contributed by atoms with Crippen molar-refractivity contribution >= 4 is 5.82 Å². The molecule has 0 bridgehead atoms. The summed E-state index contributed by atoms with van der Waals surface area (Å²) in [6, 6.07) is 1.66. The van der Waals surface area contributed by atoms with Crippen molar-refractivity contribution in [3.8, 4) is 11.6 Å². The minimum Gasteiger partial charge on any atom is -0.382 e. The van der Waals surface area contributed by atoms with Crippen LogP contribution >= 0.6 is 0 Å². The van der Waals surface area contributed by atoms with Gasteiger partial charge in [-0.2, -0.15) is 10.1 Å². The summed E-state index contributed by atoms with van der Waals surface area (Å²) in [5, 5.41) is 10.4. The third-order valence-corrected chi connectivity index (χ3v) is 2.08. The number of likely N-dealkylation sites (N-methyl/N-ethyl adjacent to an activating group) is 1. The average Bonchev–Trinajstić information content (AvgIpc) is 2.83. The number of nitrogens with zero attached hydrogens (tertiary/aromatic N) is 4. The molecular formula is C9H14N6O. The van der Waals surface area contributed by atoms with Crippen LogP contribution in [0.1, 0.15) is 5.82 Å². The van der Waals surface area contributed by atoms with Gasteiger partial charge in [0.05, 0.1) is 0 Å². The molecule has 7 nitrogen and oxygen atoms in total. The molecule has 0 aliphatic heterocycles. The first-order valence-electron chi connectivity index (χ1n) is 4.93. The average molecular weight is 222 g/mol. The Hall–Kier alpha value is -1.89. The van der Waals surface area contributed by atoms with Gasteiger partial charge in [0.25, 0.3) is 5.89 Å². The Labute approximate surface area is 92.6 Å². The van der Waals surface area contributed by atoms with E-state index in [1.165, 1.54) is 0 Å². The Morgan fingerprint density at radius 1 is 1.50 bits per heavy atom. The van der Waals surface area contributed by atoms with E-state index >= 15 is 0 Å². The maximum absolute atomic E-state index is 5.48. The molecule has 2 aromatic heterocycles. The number of anilines is 1. The number of rotatable bonds is 4. The Kier molecular flexibility index (Phi) is 2.86. The highest BCUT2D eigenvalue weighted by molar-refractivity contribution is 5.51. The lowest BCUT2D eigenvalue weighted by atomic mass is 10.4. The molecule has 2 rings (SSSR count). The molecule has 16 heavy (non-hydrogen) atoms. The summed E-state index contributed by atoms with van der Waals surface area (Å²) in [4.78, 5) is 6.29. The zero-order chi connectivity index (χ0) is 11.5. The van der Waals surface area contributed by atoms with Gasteiger partial charge in [-0.1, -0.05) is 5.16 Å². The highest BCUT2D eigenvalue weighted by Gasteiger charge is 2.10. The largest absolute Gasteiger partial charge is 0.382 e. The number of nitrogens with two attached hydrogens (primary N) is 1. The van der Waals surface area contributed by atoms with E-state index in [2.05, 4.69) is 25.2 Å². The first kappa shape index (κ1) is 10.6. The zero-order valence-corrected chi connectivity index (χ0v) is 9.27. The molecule has 0 amide bonds. The monoisotopic (exact) mass is 222 g/mol. The molecule has 0 aliphatic carbocycles. The highest BCUT2D eigenvalue weighted by atomic mass is 16.5. The molecule has 0 aromatic carbocycles. The molecule has 0 unspecified atom stereocenters. The summed E-state index contributed by atoms with van der Waals surface area (Å²) in [5.41, 5.74) is 6.12. The summed E-state index contributed by atoms with van der Waals surface area (Å²) in [6.07, 6.45) is 0.750. The third-order valence-electron chi connectivity index (χ3n) is 2.08. The Morgan fingerprint density at radius 2 is 2.31 bits per heavy atom. The molecule has 0 fully saturated rings. The number of hydrogen-bond acceptors (Lipinski definition) is 6. The molecule has 0 atom stereocenters. The van der Waals surface area contributed by atoms with Gasteiger partial charge in [0, 0.05) is 19.0 Å². The lowest BCUT2D eigenvalue weighted by molar-refractivity contribution is 0.392. The van der Waals surface area contributed by atoms with Crippen LogP contribution in [0.3, 0.4) is 0 Å². The summed E-state index contributed by atoms with van der Waals surface area (Å²) < 4.78 is 5.09. The van der Waals surface area contributed by atoms with E-state index in [9.17, 15) is 0 Å². The van der Waals surface area contributed by atoms with E-state index < -0.39 is 0 Å². The summed E-state index contributed by atoms with van der Waals surface area (Å²) in [7, 11) is 3.99. The van der Waals surface area contributed by atoms with Crippen LogP contribution < -0.4 is 5.73 Å². The van der Waals surface area contributed by atoms with Crippen LogP contribution in [0.25, 0.3) is 11.6 Å². The molecule has 0 aliphatic rings. The van der Waals surface area contributed by atoms with Crippen LogP contribution in [-0.2, 0) is 6.42 Å². The maximum atomic E-state index is 5.48. The summed E-state index contributed by atoms with van der Waals surface area (Å²) in [6.45, 7) is 0.879. The van der Waals surface area contributed by atoms with E-state index in [0.717, 1.165) is 13.0 Å². The fourth-order valence-electron chi connectivity index (χ4n) is 1.24. The van der Waals surface area contributed by atoms with Gasteiger partial charge < -0.3 is 15.2 Å². The minimum atomic E-state index is 0.406. The van der Waals surface area contributed by atoms with E-state index in [4.69, 9.17) is 10.3 Å². The standard InChI is InChI=1S/C9H14N6O/c1-15(2)4-3-8-11-9(16-14-8)6-5-7(10)13-12-6/h5H,3-4H2,1-2H3,(H3,10,12,13). The second-order valence-electron chi connectivity index (χ2n) is 3.78. The minimum absolute atomic E-state index is 0.406. The molecule has 0 spiro atoms. The van der Waals surface area contributed by atoms with Crippen LogP contribution in [0.2, 0.25) is 0 Å². The molecule has 2 aromatic rings. The maximum Gasteiger partial charge on any atom is 0.276 e. The number of hydrogen-bond donors (Lipinski definition) is 2. The van der Waals surface area contributed by atoms with Gasteiger partial charge >= 0.3 is 0 Å². The predicted molar refractivity (Wildman–Crippen MR) is 58.6 cm³/mol. The van der Waals surface area contributed by atoms with Gasteiger partial charge in [0.15, 0.2) is 5.82 Å². The van der Waals surface area contributed by atoms with Crippen LogP contribution in [0.4, 0.5) is 5.82 Å². The number of aromatic amines is 1. The van der Waals surface area contributed by atoms with E-state index in [0.29, 0.717) is 23.2 Å². The van der Waals surface area contributed by atoms with Crippen LogP contribution in [0.15, 0.2) is 10.6 Å². The van der Waals surface area contributed by atoms with Gasteiger partial charge in [0.2, 0.25) is 0 Å². The van der Waals surface area contributed by atoms with Crippen molar-refractivity contribution in [3.05, 3.63) is 11.9 Å². The molecule has 0 radical (unpaired) electrons. The molecule has 0 saturated heterocycles. The second kappa shape index (κ2) is 4.31. The summed E-state index contributed by atoms with van der Waals surface area (Å²) >= 11 is 0. The van der Waals surface area contributed by atoms with Gasteiger partial charge in [-0.25, -0.2) is 0 Å². The molecule has 2 heterocycles. The Morgan fingerprint density at radius 3 is 2.94 bits per heavy atom. The third kappa shape index (κ3) is 2.37. The highest BCUT2D eigenvalue weighted by Crippen LogP contribution is 2.15. The van der Waals surface area contributed by atoms with Crippen molar-refractivity contribution in [1.82, 2.24) is 25.2 Å². The lowest BCUT2D eigenvalue weighted by Crippen LogP contribution is -2.15. The quantitative estimate of drug-likeness (QED) is 0.764. The fourth-order valence-corrected chi connectivity index (χ4v) is 1.24. The number of nitrogen functional groups attached to an aromatic ring is 1. The Balaban J connectivity index is 2.07. The number of aromatic nitrogens is 4. The van der Waals surface area contributed by atoms with Gasteiger partial charge in [0.1, 0.15) is 11.5 Å². The Bertz CT molecular complexity index is 460. The number of H-pyrrole nitrogens is 1. The van der Waals surface area contributed by atoms with Gasteiger partial charge in [-0.05, 0) is 14.1 Å². The topological polar surface area (TPSA) is 96.9 Å². The van der Waals surface area contributed by atoms with E-state index in [1.807, 2.05) is 14.1 Å². The van der Waals surface area contributed by atoms with Crippen molar-refractivity contribution in [2.45, 2.75) is 6.42 Å². The SMILES string of the molecule is CN(C)CCc1noc(-c2cc(N)n[nH]2)n1. The van der Waals surface area contributed by atoms with Crippen LogP contribution in [0, 0.1) is 0 Å². The summed E-state index contributed by atoms with van der Waals surface area (Å²) in [5.74, 6) is 1.50. The zero-order valence-electron chi connectivity index (χ0n) is 9.27. The second-order valence-corrected chi connectivity index (χ2v) is 3.78. The van der Waals surface area contributed by atoms with Crippen molar-refractivity contribution in [2.24, 2.45) is 0 Å². The van der Waals surface area contributed by atoms with Crippen LogP contribution in [0.5, 0.6) is 0 Å². The predicted octanol–water partition coefficient (Wildman–Crippen LogP) is 0.146. The van der Waals surface area contributed by atoms with E-state index in [-0.39, 0.29) is 0 Å². The first-order chi connectivity index (χ1) is 7.65. The molecule has 7 heteroatoms. The molecule has 3 N–H and O–H groups in total. The van der Waals surface area contributed by atoms with Crippen LogP contribution in [-0.4, -0.2) is 45.9 Å². The van der Waals surface area contributed by atoms with Gasteiger partial charge in [-0.15, -0.1) is 0 Å². The normalized spacial score (nSPS) is 11.2. The number of nitrogens with one attached hydrogen (secondary N) is 1. The van der Waals surface area contributed by atoms with E-state index in [1.54, 1.807) is 6.07 Å². The molecular weight excluding hydrogens is 208 g/mol. The smallest absolute Gasteiger partial charge is 0.276 e. The fraction of sp³-hybridized carbons (Fsp3) is 0.444. The van der Waals surface area contributed by atoms with Crippen molar-refractivity contribution in [2.75, 3.05) is 26.4 Å².